The predicted molar refractivity (Wildman–Crippen MR) is 106 cm³/mol. The number of carbonyl (C=O) groups excluding carboxylic acids is 1. The monoisotopic (exact) mass is 370 g/mol. The van der Waals surface area contributed by atoms with Gasteiger partial charge < -0.3 is 14.8 Å². The summed E-state index contributed by atoms with van der Waals surface area (Å²) in [6.45, 7) is 3.18. The van der Waals surface area contributed by atoms with Gasteiger partial charge in [0.15, 0.2) is 5.11 Å². The van der Waals surface area contributed by atoms with E-state index in [0.29, 0.717) is 23.6 Å². The quantitative estimate of drug-likeness (QED) is 0.787. The summed E-state index contributed by atoms with van der Waals surface area (Å²) >= 11 is 5.28. The zero-order valence-corrected chi connectivity index (χ0v) is 15.5. The minimum absolute atomic E-state index is 0.135. The number of hydrogen-bond acceptors (Lipinski definition) is 4. The van der Waals surface area contributed by atoms with Crippen LogP contribution in [0.2, 0.25) is 0 Å². The van der Waals surface area contributed by atoms with Gasteiger partial charge in [0.05, 0.1) is 11.8 Å². The molecule has 1 atom stereocenters. The van der Waals surface area contributed by atoms with Crippen LogP contribution in [0.15, 0.2) is 48.5 Å². The maximum atomic E-state index is 12.4. The zero-order valence-electron chi connectivity index (χ0n) is 14.7. The topological polar surface area (TPSA) is 59.6 Å². The molecule has 1 unspecified atom stereocenters. The molecule has 1 saturated heterocycles. The molecule has 6 heteroatoms. The van der Waals surface area contributed by atoms with Gasteiger partial charge in [0.25, 0.3) is 5.91 Å². The highest BCUT2D eigenvalue weighted by molar-refractivity contribution is 7.80. The summed E-state index contributed by atoms with van der Waals surface area (Å²) in [7, 11) is 0. The molecule has 2 N–H and O–H groups in total. The first-order chi connectivity index (χ1) is 12.6. The van der Waals surface area contributed by atoms with Gasteiger partial charge in [0, 0.05) is 12.2 Å². The largest absolute Gasteiger partial charge is 0.489 e. The maximum Gasteiger partial charge on any atom is 0.257 e. The van der Waals surface area contributed by atoms with Crippen molar-refractivity contribution in [1.29, 1.82) is 0 Å². The molecule has 1 aliphatic rings. The van der Waals surface area contributed by atoms with E-state index in [1.807, 2.05) is 49.4 Å². The van der Waals surface area contributed by atoms with E-state index in [-0.39, 0.29) is 17.1 Å². The van der Waals surface area contributed by atoms with Crippen LogP contribution in [0.4, 0.5) is 5.69 Å². The first kappa shape index (κ1) is 18.4. The highest BCUT2D eigenvalue weighted by Crippen LogP contribution is 2.25. The van der Waals surface area contributed by atoms with E-state index in [2.05, 4.69) is 10.6 Å². The zero-order chi connectivity index (χ0) is 18.4. The number of nitrogens with one attached hydrogen (secondary N) is 2. The predicted octanol–water partition coefficient (Wildman–Crippen LogP) is 3.68. The molecule has 1 aliphatic heterocycles. The summed E-state index contributed by atoms with van der Waals surface area (Å²) in [5, 5.41) is 5.98. The van der Waals surface area contributed by atoms with E-state index in [4.69, 9.17) is 21.7 Å². The van der Waals surface area contributed by atoms with E-state index in [0.717, 1.165) is 25.0 Å². The van der Waals surface area contributed by atoms with Crippen molar-refractivity contribution in [2.45, 2.75) is 25.9 Å². The molecular weight excluding hydrogens is 348 g/mol. The van der Waals surface area contributed by atoms with Crippen LogP contribution in [0.5, 0.6) is 5.75 Å². The second kappa shape index (κ2) is 8.78. The first-order valence-electron chi connectivity index (χ1n) is 8.65. The number of para-hydroxylation sites is 2. The standard InChI is InChI=1S/C20H22N2O3S/c1-14-7-2-3-9-16(14)19(23)22-20(26)21-17-10-4-5-11-18(17)25-13-15-8-6-12-24-15/h2-5,7,9-11,15H,6,8,12-13H2,1H3,(H2,21,22,23,26). The van der Waals surface area contributed by atoms with Gasteiger partial charge in [-0.15, -0.1) is 0 Å². The average molecular weight is 370 g/mol. The summed E-state index contributed by atoms with van der Waals surface area (Å²) in [5.74, 6) is 0.439. The van der Waals surface area contributed by atoms with Crippen LogP contribution < -0.4 is 15.4 Å². The van der Waals surface area contributed by atoms with Gasteiger partial charge in [-0.2, -0.15) is 0 Å². The minimum Gasteiger partial charge on any atom is -0.489 e. The van der Waals surface area contributed by atoms with E-state index in [1.54, 1.807) is 6.07 Å². The van der Waals surface area contributed by atoms with Crippen molar-refractivity contribution >= 4 is 28.9 Å². The molecule has 2 aromatic carbocycles. The van der Waals surface area contributed by atoms with Gasteiger partial charge in [0.2, 0.25) is 0 Å². The summed E-state index contributed by atoms with van der Waals surface area (Å²) in [4.78, 5) is 12.4. The third kappa shape index (κ3) is 4.80. The van der Waals surface area contributed by atoms with E-state index in [1.165, 1.54) is 0 Å². The molecule has 5 nitrogen and oxygen atoms in total. The average Bonchev–Trinajstić information content (AvgIpc) is 3.14. The van der Waals surface area contributed by atoms with Gasteiger partial charge in [-0.1, -0.05) is 30.3 Å². The normalized spacial score (nSPS) is 16.1. The van der Waals surface area contributed by atoms with Crippen LogP contribution in [0, 0.1) is 6.92 Å². The number of aryl methyl sites for hydroxylation is 1. The second-order valence-corrected chi connectivity index (χ2v) is 6.57. The molecule has 0 bridgehead atoms. The molecule has 0 saturated carbocycles. The van der Waals surface area contributed by atoms with Crippen molar-refractivity contribution in [1.82, 2.24) is 5.32 Å². The van der Waals surface area contributed by atoms with Crippen LogP contribution in [0.3, 0.4) is 0 Å². The molecule has 1 heterocycles. The lowest BCUT2D eigenvalue weighted by Crippen LogP contribution is -2.34. The number of carbonyl (C=O) groups is 1. The highest BCUT2D eigenvalue weighted by Gasteiger charge is 2.17. The summed E-state index contributed by atoms with van der Waals surface area (Å²) in [5.41, 5.74) is 2.20. The first-order valence-corrected chi connectivity index (χ1v) is 9.05. The van der Waals surface area contributed by atoms with Crippen LogP contribution in [0.25, 0.3) is 0 Å². The molecule has 0 aromatic heterocycles. The Labute approximate surface area is 158 Å². The van der Waals surface area contributed by atoms with Crippen molar-refractivity contribution < 1.29 is 14.3 Å². The van der Waals surface area contributed by atoms with Crippen LogP contribution >= 0.6 is 12.2 Å². The lowest BCUT2D eigenvalue weighted by molar-refractivity contribution is 0.0682. The second-order valence-electron chi connectivity index (χ2n) is 6.17. The number of amides is 1. The fourth-order valence-electron chi connectivity index (χ4n) is 2.81. The molecule has 0 aliphatic carbocycles. The number of thiocarbonyl (C=S) groups is 1. The molecule has 1 amide bonds. The number of hydrogen-bond donors (Lipinski definition) is 2. The number of benzene rings is 2. The van der Waals surface area contributed by atoms with Gasteiger partial charge in [-0.05, 0) is 55.7 Å². The fourth-order valence-corrected chi connectivity index (χ4v) is 3.01. The van der Waals surface area contributed by atoms with Crippen molar-refractivity contribution in [3.8, 4) is 5.75 Å². The third-order valence-corrected chi connectivity index (χ3v) is 4.40. The Balaban J connectivity index is 1.60. The maximum absolute atomic E-state index is 12.4. The Bertz CT molecular complexity index is 788. The molecule has 2 aromatic rings. The Morgan fingerprint density at radius 2 is 2.00 bits per heavy atom. The van der Waals surface area contributed by atoms with Gasteiger partial charge in [-0.3, -0.25) is 10.1 Å². The van der Waals surface area contributed by atoms with Gasteiger partial charge >= 0.3 is 0 Å². The Morgan fingerprint density at radius 1 is 1.23 bits per heavy atom. The van der Waals surface area contributed by atoms with Crippen molar-refractivity contribution in [3.63, 3.8) is 0 Å². The molecule has 26 heavy (non-hydrogen) atoms. The highest BCUT2D eigenvalue weighted by atomic mass is 32.1. The van der Waals surface area contributed by atoms with E-state index >= 15 is 0 Å². The van der Waals surface area contributed by atoms with Gasteiger partial charge in [0.1, 0.15) is 12.4 Å². The van der Waals surface area contributed by atoms with Crippen LogP contribution in [-0.4, -0.2) is 30.3 Å². The van der Waals surface area contributed by atoms with Crippen LogP contribution in [0.1, 0.15) is 28.8 Å². The van der Waals surface area contributed by atoms with Crippen LogP contribution in [-0.2, 0) is 4.74 Å². The molecule has 0 radical (unpaired) electrons. The molecule has 0 spiro atoms. The molecule has 136 valence electrons. The summed E-state index contributed by atoms with van der Waals surface area (Å²) in [6.07, 6.45) is 2.22. The minimum atomic E-state index is -0.238. The SMILES string of the molecule is Cc1ccccc1C(=O)NC(=S)Nc1ccccc1OCC1CCCO1. The smallest absolute Gasteiger partial charge is 0.257 e. The van der Waals surface area contributed by atoms with Crippen molar-refractivity contribution in [2.75, 3.05) is 18.5 Å². The van der Waals surface area contributed by atoms with E-state index < -0.39 is 0 Å². The third-order valence-electron chi connectivity index (χ3n) is 4.20. The molecular formula is C20H22N2O3S. The number of rotatable bonds is 5. The van der Waals surface area contributed by atoms with E-state index in [9.17, 15) is 4.79 Å². The number of ether oxygens (including phenoxy) is 2. The lowest BCUT2D eigenvalue weighted by Gasteiger charge is -2.16. The van der Waals surface area contributed by atoms with Crippen molar-refractivity contribution in [3.05, 3.63) is 59.7 Å². The molecule has 1 fully saturated rings. The lowest BCUT2D eigenvalue weighted by atomic mass is 10.1. The van der Waals surface area contributed by atoms with Gasteiger partial charge in [-0.25, -0.2) is 0 Å². The number of anilines is 1. The summed E-state index contributed by atoms with van der Waals surface area (Å²) in [6, 6.07) is 14.9. The molecule has 3 rings (SSSR count). The fraction of sp³-hybridized carbons (Fsp3) is 0.300. The Hall–Kier alpha value is -2.44. The van der Waals surface area contributed by atoms with Crippen molar-refractivity contribution in [2.24, 2.45) is 0 Å². The summed E-state index contributed by atoms with van der Waals surface area (Å²) < 4.78 is 11.5. The Kier molecular flexibility index (Phi) is 6.20. The Morgan fingerprint density at radius 3 is 2.77 bits per heavy atom.